The highest BCUT2D eigenvalue weighted by Gasteiger charge is 2.18. The van der Waals surface area contributed by atoms with E-state index in [-0.39, 0.29) is 12.1 Å². The zero-order chi connectivity index (χ0) is 16.2. The van der Waals surface area contributed by atoms with Crippen molar-refractivity contribution in [3.63, 3.8) is 0 Å². The van der Waals surface area contributed by atoms with Crippen molar-refractivity contribution >= 4 is 39.4 Å². The second-order valence-corrected chi connectivity index (χ2v) is 8.16. The molecule has 1 aliphatic heterocycles. The lowest BCUT2D eigenvalue weighted by Gasteiger charge is -2.15. The minimum atomic E-state index is -3.56. The molecule has 122 valence electrons. The molecule has 0 bridgehead atoms. The van der Waals surface area contributed by atoms with Gasteiger partial charge in [0, 0.05) is 31.6 Å². The van der Waals surface area contributed by atoms with Gasteiger partial charge in [0.15, 0.2) is 0 Å². The molecule has 2 rings (SSSR count). The quantitative estimate of drug-likeness (QED) is 0.755. The largest absolute Gasteiger partial charge is 0.334 e. The van der Waals surface area contributed by atoms with Crippen molar-refractivity contribution in [2.75, 3.05) is 35.6 Å². The summed E-state index contributed by atoms with van der Waals surface area (Å²) < 4.78 is 27.1. The van der Waals surface area contributed by atoms with Crippen LogP contribution in [0.25, 0.3) is 0 Å². The van der Waals surface area contributed by atoms with E-state index in [4.69, 9.17) is 0 Å². The Morgan fingerprint density at radius 2 is 2.05 bits per heavy atom. The van der Waals surface area contributed by atoms with Crippen LogP contribution in [0.4, 0.5) is 16.2 Å². The SMILES string of the molecule is CN(C)S(=O)(=O)Nc1cccc(NC(=O)N[C@@H]2CCSC2)c1. The van der Waals surface area contributed by atoms with Crippen molar-refractivity contribution in [3.05, 3.63) is 24.3 Å². The topological polar surface area (TPSA) is 90.5 Å². The van der Waals surface area contributed by atoms with Gasteiger partial charge in [-0.2, -0.15) is 24.5 Å². The average Bonchev–Trinajstić information content (AvgIpc) is 2.91. The van der Waals surface area contributed by atoms with Gasteiger partial charge in [0.05, 0.1) is 5.69 Å². The summed E-state index contributed by atoms with van der Waals surface area (Å²) in [4.78, 5) is 11.9. The molecule has 1 aromatic rings. The normalized spacial score (nSPS) is 18.2. The molecule has 1 fully saturated rings. The van der Waals surface area contributed by atoms with E-state index in [9.17, 15) is 13.2 Å². The third-order valence-corrected chi connectivity index (χ3v) is 5.73. The van der Waals surface area contributed by atoms with Crippen LogP contribution in [0.15, 0.2) is 24.3 Å². The molecular weight excluding hydrogens is 324 g/mol. The van der Waals surface area contributed by atoms with E-state index >= 15 is 0 Å². The molecule has 1 atom stereocenters. The van der Waals surface area contributed by atoms with E-state index < -0.39 is 10.2 Å². The Morgan fingerprint density at radius 1 is 1.32 bits per heavy atom. The second kappa shape index (κ2) is 7.21. The Kier molecular flexibility index (Phi) is 5.54. The average molecular weight is 344 g/mol. The number of amides is 2. The van der Waals surface area contributed by atoms with Crippen LogP contribution in [0.2, 0.25) is 0 Å². The molecule has 2 amide bonds. The van der Waals surface area contributed by atoms with E-state index in [0.29, 0.717) is 11.4 Å². The summed E-state index contributed by atoms with van der Waals surface area (Å²) in [5.74, 6) is 1.99. The number of nitrogens with zero attached hydrogens (tertiary/aromatic N) is 1. The maximum Gasteiger partial charge on any atom is 0.319 e. The molecular formula is C13H20N4O3S2. The van der Waals surface area contributed by atoms with Crippen LogP contribution in [-0.2, 0) is 10.2 Å². The number of carbonyl (C=O) groups excluding carboxylic acids is 1. The molecule has 1 aliphatic rings. The smallest absolute Gasteiger partial charge is 0.319 e. The minimum absolute atomic E-state index is 0.195. The molecule has 0 saturated carbocycles. The van der Waals surface area contributed by atoms with Gasteiger partial charge in [-0.3, -0.25) is 4.72 Å². The molecule has 22 heavy (non-hydrogen) atoms. The van der Waals surface area contributed by atoms with Crippen molar-refractivity contribution < 1.29 is 13.2 Å². The Balaban J connectivity index is 1.97. The van der Waals surface area contributed by atoms with Crippen molar-refractivity contribution in [3.8, 4) is 0 Å². The zero-order valence-corrected chi connectivity index (χ0v) is 14.1. The number of nitrogens with one attached hydrogen (secondary N) is 3. The van der Waals surface area contributed by atoms with E-state index in [0.717, 1.165) is 22.2 Å². The Labute approximate surface area is 135 Å². The van der Waals surface area contributed by atoms with Crippen LogP contribution in [0.1, 0.15) is 6.42 Å². The number of urea groups is 1. The summed E-state index contributed by atoms with van der Waals surface area (Å²) in [5, 5.41) is 5.61. The summed E-state index contributed by atoms with van der Waals surface area (Å²) in [6.45, 7) is 0. The second-order valence-electron chi connectivity index (χ2n) is 5.13. The number of rotatable bonds is 5. The summed E-state index contributed by atoms with van der Waals surface area (Å²) in [6.07, 6.45) is 0.973. The predicted molar refractivity (Wildman–Crippen MR) is 90.6 cm³/mol. The number of anilines is 2. The first-order valence-corrected chi connectivity index (χ1v) is 9.42. The van der Waals surface area contributed by atoms with Gasteiger partial charge in [0.1, 0.15) is 0 Å². The van der Waals surface area contributed by atoms with Crippen molar-refractivity contribution in [1.82, 2.24) is 9.62 Å². The van der Waals surface area contributed by atoms with Crippen LogP contribution in [0, 0.1) is 0 Å². The summed E-state index contributed by atoms with van der Waals surface area (Å²) in [5.41, 5.74) is 0.921. The van der Waals surface area contributed by atoms with Gasteiger partial charge in [-0.05, 0) is 30.4 Å². The highest BCUT2D eigenvalue weighted by atomic mass is 32.2. The maximum atomic E-state index is 11.9. The van der Waals surface area contributed by atoms with Gasteiger partial charge in [0.2, 0.25) is 0 Å². The first-order chi connectivity index (χ1) is 10.4. The molecule has 9 heteroatoms. The van der Waals surface area contributed by atoms with Crippen LogP contribution in [0.3, 0.4) is 0 Å². The lowest BCUT2D eigenvalue weighted by Crippen LogP contribution is -2.37. The van der Waals surface area contributed by atoms with Gasteiger partial charge in [0.25, 0.3) is 0 Å². The maximum absolute atomic E-state index is 11.9. The first kappa shape index (κ1) is 16.9. The van der Waals surface area contributed by atoms with E-state index in [1.165, 1.54) is 14.1 Å². The van der Waals surface area contributed by atoms with Crippen LogP contribution in [-0.4, -0.2) is 50.4 Å². The number of hydrogen-bond donors (Lipinski definition) is 3. The number of benzene rings is 1. The lowest BCUT2D eigenvalue weighted by molar-refractivity contribution is 0.249. The summed E-state index contributed by atoms with van der Waals surface area (Å²) in [7, 11) is -0.679. The van der Waals surface area contributed by atoms with Gasteiger partial charge >= 0.3 is 16.2 Å². The third kappa shape index (κ3) is 4.79. The standard InChI is InChI=1S/C13H20N4O3S2/c1-17(2)22(19,20)16-11-5-3-4-10(8-11)14-13(18)15-12-6-7-21-9-12/h3-5,8,12,16H,6-7,9H2,1-2H3,(H2,14,15,18)/t12-/m1/s1. The third-order valence-electron chi connectivity index (χ3n) is 3.11. The molecule has 0 spiro atoms. The molecule has 0 aliphatic carbocycles. The van der Waals surface area contributed by atoms with Gasteiger partial charge < -0.3 is 10.6 Å². The number of hydrogen-bond acceptors (Lipinski definition) is 4. The number of thioether (sulfide) groups is 1. The Bertz CT molecular complexity index is 628. The van der Waals surface area contributed by atoms with E-state index in [1.54, 1.807) is 24.3 Å². The number of carbonyl (C=O) groups is 1. The lowest BCUT2D eigenvalue weighted by atomic mass is 10.2. The summed E-state index contributed by atoms with van der Waals surface area (Å²) >= 11 is 1.82. The zero-order valence-electron chi connectivity index (χ0n) is 12.5. The predicted octanol–water partition coefficient (Wildman–Crippen LogP) is 1.53. The Hall–Kier alpha value is -1.45. The highest BCUT2D eigenvalue weighted by molar-refractivity contribution is 7.99. The molecule has 3 N–H and O–H groups in total. The van der Waals surface area contributed by atoms with Crippen molar-refractivity contribution in [2.24, 2.45) is 0 Å². The summed E-state index contributed by atoms with van der Waals surface area (Å²) in [6, 6.07) is 6.49. The highest BCUT2D eigenvalue weighted by Crippen LogP contribution is 2.19. The van der Waals surface area contributed by atoms with Gasteiger partial charge in [-0.25, -0.2) is 4.79 Å². The van der Waals surface area contributed by atoms with E-state index in [2.05, 4.69) is 15.4 Å². The minimum Gasteiger partial charge on any atom is -0.334 e. The molecule has 0 aromatic heterocycles. The molecule has 1 aromatic carbocycles. The van der Waals surface area contributed by atoms with E-state index in [1.807, 2.05) is 11.8 Å². The molecule has 1 heterocycles. The first-order valence-electron chi connectivity index (χ1n) is 6.82. The fourth-order valence-electron chi connectivity index (χ4n) is 1.90. The molecule has 0 radical (unpaired) electrons. The van der Waals surface area contributed by atoms with Gasteiger partial charge in [-0.15, -0.1) is 0 Å². The van der Waals surface area contributed by atoms with Gasteiger partial charge in [-0.1, -0.05) is 6.07 Å². The van der Waals surface area contributed by atoms with Crippen LogP contribution < -0.4 is 15.4 Å². The Morgan fingerprint density at radius 3 is 2.68 bits per heavy atom. The van der Waals surface area contributed by atoms with Crippen molar-refractivity contribution in [2.45, 2.75) is 12.5 Å². The monoisotopic (exact) mass is 344 g/mol. The van der Waals surface area contributed by atoms with Crippen LogP contribution >= 0.6 is 11.8 Å². The van der Waals surface area contributed by atoms with Crippen molar-refractivity contribution in [1.29, 1.82) is 0 Å². The molecule has 0 unspecified atom stereocenters. The fraction of sp³-hybridized carbons (Fsp3) is 0.462. The fourth-order valence-corrected chi connectivity index (χ4v) is 3.66. The molecule has 7 nitrogen and oxygen atoms in total. The van der Waals surface area contributed by atoms with Crippen LogP contribution in [0.5, 0.6) is 0 Å². The molecule has 1 saturated heterocycles.